The second kappa shape index (κ2) is 9.82. The van der Waals surface area contributed by atoms with Crippen molar-refractivity contribution < 1.29 is 62.0 Å². The average Bonchev–Trinajstić information content (AvgIpc) is 1.62. The maximum atomic E-state index is 3.64. The second-order valence-electron chi connectivity index (χ2n) is 1.30. The summed E-state index contributed by atoms with van der Waals surface area (Å²) in [5.74, 6) is 0. The first-order chi connectivity index (χ1) is 4.00. The first kappa shape index (κ1) is 13.4. The second-order valence-corrected chi connectivity index (χ2v) is 1.30. The summed E-state index contributed by atoms with van der Waals surface area (Å²) in [7, 11) is 0. The van der Waals surface area contributed by atoms with Crippen LogP contribution < -0.4 is 59.1 Å². The van der Waals surface area contributed by atoms with Crippen LogP contribution in [0.3, 0.4) is 0 Å². The van der Waals surface area contributed by atoms with Crippen LogP contribution in [0.4, 0.5) is 0 Å². The molecule has 1 heterocycles. The Hall–Kier alpha value is 0.820. The molecule has 0 aromatic carbocycles. The summed E-state index contributed by atoms with van der Waals surface area (Å²) in [5.41, 5.74) is 0. The molecule has 10 heavy (non-hydrogen) atoms. The standard InChI is InChI=1S/C6H6N2.2Na.2H/c1-2-4-6-8-7-5-3-1;;;;/h1-6H;;;;/q;2*+1;2*-1. The minimum atomic E-state index is 0. The van der Waals surface area contributed by atoms with Crippen molar-refractivity contribution in [2.24, 2.45) is 10.2 Å². The molecule has 0 unspecified atom stereocenters. The number of azo groups is 1. The molecule has 1 aliphatic heterocycles. The molecule has 0 saturated heterocycles. The number of nitrogens with zero attached hydrogens (tertiary/aromatic N) is 2. The first-order valence-electron chi connectivity index (χ1n) is 2.38. The Morgan fingerprint density at radius 3 is 1.50 bits per heavy atom. The van der Waals surface area contributed by atoms with Gasteiger partial charge in [-0.25, -0.2) is 0 Å². The van der Waals surface area contributed by atoms with Gasteiger partial charge >= 0.3 is 59.1 Å². The third kappa shape index (κ3) is 6.93. The molecule has 0 atom stereocenters. The van der Waals surface area contributed by atoms with Gasteiger partial charge in [0.25, 0.3) is 0 Å². The van der Waals surface area contributed by atoms with Crippen molar-refractivity contribution in [1.29, 1.82) is 0 Å². The molecule has 0 aliphatic carbocycles. The summed E-state index contributed by atoms with van der Waals surface area (Å²) in [6.07, 6.45) is 10.7. The van der Waals surface area contributed by atoms with Gasteiger partial charge in [0.2, 0.25) is 0 Å². The summed E-state index contributed by atoms with van der Waals surface area (Å²) in [6.45, 7) is 0. The Labute approximate surface area is 108 Å². The van der Waals surface area contributed by atoms with E-state index in [0.29, 0.717) is 0 Å². The maximum absolute atomic E-state index is 3.64. The molecule has 0 aromatic heterocycles. The van der Waals surface area contributed by atoms with Crippen LogP contribution in [-0.2, 0) is 0 Å². The van der Waals surface area contributed by atoms with E-state index in [-0.39, 0.29) is 62.0 Å². The van der Waals surface area contributed by atoms with Crippen molar-refractivity contribution in [3.8, 4) is 0 Å². The number of rotatable bonds is 0. The van der Waals surface area contributed by atoms with Crippen LogP contribution in [0.15, 0.2) is 46.9 Å². The van der Waals surface area contributed by atoms with E-state index in [1.165, 1.54) is 0 Å². The van der Waals surface area contributed by atoms with Crippen molar-refractivity contribution in [3.05, 3.63) is 36.7 Å². The smallest absolute Gasteiger partial charge is 1.00 e. The predicted molar refractivity (Wildman–Crippen MR) is 34.5 cm³/mol. The third-order valence-corrected chi connectivity index (χ3v) is 0.705. The normalized spacial score (nSPS) is 12.8. The number of allylic oxidation sites excluding steroid dienone is 4. The van der Waals surface area contributed by atoms with Crippen molar-refractivity contribution in [3.63, 3.8) is 0 Å². The third-order valence-electron chi connectivity index (χ3n) is 0.705. The molecule has 1 aliphatic rings. The molecule has 0 spiro atoms. The van der Waals surface area contributed by atoms with Crippen LogP contribution in [0.1, 0.15) is 2.85 Å². The number of hydrogen-bond donors (Lipinski definition) is 0. The summed E-state index contributed by atoms with van der Waals surface area (Å²) in [6, 6.07) is 0. The largest absolute Gasteiger partial charge is 1.00 e. The molecule has 0 bridgehead atoms. The fourth-order valence-electron chi connectivity index (χ4n) is 0.382. The van der Waals surface area contributed by atoms with E-state index < -0.39 is 0 Å². The Kier molecular flexibility index (Phi) is 13.2. The molecule has 4 heteroatoms. The van der Waals surface area contributed by atoms with Gasteiger partial charge in [0.1, 0.15) is 0 Å². The molecule has 0 N–H and O–H groups in total. The zero-order chi connectivity index (χ0) is 5.66. The van der Waals surface area contributed by atoms with Gasteiger partial charge < -0.3 is 2.85 Å². The van der Waals surface area contributed by atoms with Gasteiger partial charge in [-0.1, -0.05) is 12.2 Å². The SMILES string of the molecule is C1=CC=CN=NC=C1.[H-].[H-].[Na+].[Na+]. The molecule has 0 radical (unpaired) electrons. The van der Waals surface area contributed by atoms with Crippen molar-refractivity contribution >= 4 is 0 Å². The summed E-state index contributed by atoms with van der Waals surface area (Å²) >= 11 is 0. The summed E-state index contributed by atoms with van der Waals surface area (Å²) < 4.78 is 0. The van der Waals surface area contributed by atoms with Gasteiger partial charge in [0.15, 0.2) is 0 Å². The minimum absolute atomic E-state index is 0. The summed E-state index contributed by atoms with van der Waals surface area (Å²) in [4.78, 5) is 0. The van der Waals surface area contributed by atoms with E-state index in [4.69, 9.17) is 0 Å². The molecule has 1 rings (SSSR count). The van der Waals surface area contributed by atoms with E-state index in [0.717, 1.165) is 0 Å². The van der Waals surface area contributed by atoms with Crippen LogP contribution in [0, 0.1) is 0 Å². The zero-order valence-electron chi connectivity index (χ0n) is 8.36. The Bertz CT molecular complexity index is 122. The Balaban J connectivity index is -0.0000000800. The minimum Gasteiger partial charge on any atom is -1.00 e. The number of hydrogen-bond acceptors (Lipinski definition) is 2. The first-order valence-corrected chi connectivity index (χ1v) is 2.38. The van der Waals surface area contributed by atoms with Crippen LogP contribution in [-0.4, -0.2) is 0 Å². The Morgan fingerprint density at radius 2 is 1.10 bits per heavy atom. The van der Waals surface area contributed by atoms with Crippen molar-refractivity contribution in [2.45, 2.75) is 0 Å². The fourth-order valence-corrected chi connectivity index (χ4v) is 0.382. The summed E-state index contributed by atoms with van der Waals surface area (Å²) in [5, 5.41) is 7.27. The van der Waals surface area contributed by atoms with Crippen LogP contribution in [0.2, 0.25) is 0 Å². The molecule has 44 valence electrons. The van der Waals surface area contributed by atoms with Gasteiger partial charge in [-0.2, -0.15) is 10.2 Å². The molecular weight excluding hydrogens is 146 g/mol. The van der Waals surface area contributed by atoms with E-state index >= 15 is 0 Å². The molecule has 2 nitrogen and oxygen atoms in total. The Morgan fingerprint density at radius 1 is 0.700 bits per heavy atom. The van der Waals surface area contributed by atoms with Crippen LogP contribution >= 0.6 is 0 Å². The van der Waals surface area contributed by atoms with Crippen LogP contribution in [0.5, 0.6) is 0 Å². The fraction of sp³-hybridized carbons (Fsp3) is 0. The van der Waals surface area contributed by atoms with E-state index in [1.807, 2.05) is 24.3 Å². The van der Waals surface area contributed by atoms with Gasteiger partial charge in [-0.05, 0) is 12.2 Å². The molecule has 0 aromatic rings. The van der Waals surface area contributed by atoms with E-state index in [2.05, 4.69) is 10.2 Å². The monoisotopic (exact) mass is 154 g/mol. The molecule has 0 fully saturated rings. The quantitative estimate of drug-likeness (QED) is 0.320. The van der Waals surface area contributed by atoms with E-state index in [9.17, 15) is 0 Å². The molecule has 0 amide bonds. The van der Waals surface area contributed by atoms with Crippen molar-refractivity contribution in [1.82, 2.24) is 0 Å². The van der Waals surface area contributed by atoms with Crippen LogP contribution in [0.25, 0.3) is 0 Å². The zero-order valence-corrected chi connectivity index (χ0v) is 10.4. The maximum Gasteiger partial charge on any atom is 1.00 e. The average molecular weight is 154 g/mol. The van der Waals surface area contributed by atoms with Crippen molar-refractivity contribution in [2.75, 3.05) is 0 Å². The topological polar surface area (TPSA) is 24.7 Å². The van der Waals surface area contributed by atoms with Gasteiger partial charge in [0.05, 0.1) is 0 Å². The van der Waals surface area contributed by atoms with Gasteiger partial charge in [0, 0.05) is 12.4 Å². The molecular formula is C6H8N2Na2. The molecule has 0 saturated carbocycles. The van der Waals surface area contributed by atoms with E-state index in [1.54, 1.807) is 12.4 Å². The van der Waals surface area contributed by atoms with Gasteiger partial charge in [-0.3, -0.25) is 0 Å². The van der Waals surface area contributed by atoms with Gasteiger partial charge in [-0.15, -0.1) is 0 Å². The predicted octanol–water partition coefficient (Wildman–Crippen LogP) is -3.73.